The number of halogens is 2. The third-order valence-corrected chi connectivity index (χ3v) is 5.52. The van der Waals surface area contributed by atoms with E-state index in [1.165, 1.54) is 6.07 Å². The predicted octanol–water partition coefficient (Wildman–Crippen LogP) is 4.54. The molecule has 2 aromatic heterocycles. The van der Waals surface area contributed by atoms with Crippen LogP contribution in [0.1, 0.15) is 11.5 Å². The molecular weight excluding hydrogens is 426 g/mol. The normalized spacial score (nSPS) is 14.6. The molecule has 9 heteroatoms. The first-order chi connectivity index (χ1) is 16.2. The number of nitrogens with zero attached hydrogens (tertiary/aromatic N) is 6. The van der Waals surface area contributed by atoms with E-state index in [4.69, 9.17) is 4.52 Å². The quantitative estimate of drug-likeness (QED) is 0.462. The van der Waals surface area contributed by atoms with Crippen molar-refractivity contribution in [1.29, 1.82) is 0 Å². The molecule has 0 N–H and O–H groups in total. The highest BCUT2D eigenvalue weighted by Crippen LogP contribution is 2.40. The molecule has 7 nitrogen and oxygen atoms in total. The lowest BCUT2D eigenvalue weighted by Crippen LogP contribution is -2.32. The summed E-state index contributed by atoms with van der Waals surface area (Å²) in [6, 6.07) is 17.1. The average Bonchev–Trinajstić information content (AvgIpc) is 3.47. The number of pyridine rings is 1. The summed E-state index contributed by atoms with van der Waals surface area (Å²) in [4.78, 5) is 17.6. The van der Waals surface area contributed by atoms with E-state index >= 15 is 0 Å². The summed E-state index contributed by atoms with van der Waals surface area (Å²) in [7, 11) is 0. The number of rotatable bonds is 4. The van der Waals surface area contributed by atoms with Crippen LogP contribution in [0.4, 0.5) is 20.2 Å². The van der Waals surface area contributed by atoms with Crippen molar-refractivity contribution in [3.8, 4) is 11.5 Å². The Morgan fingerprint density at radius 1 is 0.970 bits per heavy atom. The van der Waals surface area contributed by atoms with E-state index < -0.39 is 11.6 Å². The number of para-hydroxylation sites is 2. The molecule has 0 fully saturated rings. The topological polar surface area (TPSA) is 70.7 Å². The van der Waals surface area contributed by atoms with E-state index in [1.54, 1.807) is 6.20 Å². The molecule has 0 saturated carbocycles. The van der Waals surface area contributed by atoms with Crippen molar-refractivity contribution < 1.29 is 13.3 Å². The van der Waals surface area contributed by atoms with Crippen molar-refractivity contribution in [2.24, 2.45) is 4.99 Å². The second kappa shape index (κ2) is 7.63. The van der Waals surface area contributed by atoms with E-state index in [0.29, 0.717) is 18.9 Å². The van der Waals surface area contributed by atoms with Crippen molar-refractivity contribution in [3.05, 3.63) is 102 Å². The van der Waals surface area contributed by atoms with Crippen LogP contribution in [0.3, 0.4) is 0 Å². The first-order valence-electron chi connectivity index (χ1n) is 10.3. The summed E-state index contributed by atoms with van der Waals surface area (Å²) in [5, 5.41) is 4.02. The Hall–Kier alpha value is -4.40. The van der Waals surface area contributed by atoms with E-state index in [0.717, 1.165) is 34.9 Å². The molecule has 4 aromatic rings. The molecule has 2 aromatic carbocycles. The Bertz CT molecular complexity index is 1420. The van der Waals surface area contributed by atoms with Crippen LogP contribution in [0.15, 0.2) is 88.3 Å². The van der Waals surface area contributed by atoms with Crippen molar-refractivity contribution in [3.63, 3.8) is 0 Å². The molecule has 0 aliphatic carbocycles. The molecule has 0 unspecified atom stereocenters. The zero-order chi connectivity index (χ0) is 22.4. The number of aromatic nitrogens is 3. The van der Waals surface area contributed by atoms with Gasteiger partial charge in [0, 0.05) is 18.5 Å². The van der Waals surface area contributed by atoms with Gasteiger partial charge in [-0.05, 0) is 36.4 Å². The Morgan fingerprint density at radius 2 is 1.82 bits per heavy atom. The van der Waals surface area contributed by atoms with Crippen LogP contribution in [-0.2, 0) is 6.54 Å². The molecule has 0 saturated heterocycles. The van der Waals surface area contributed by atoms with Gasteiger partial charge in [0.05, 0.1) is 34.9 Å². The third kappa shape index (κ3) is 3.34. The molecule has 0 amide bonds. The summed E-state index contributed by atoms with van der Waals surface area (Å²) >= 11 is 0. The number of fused-ring (bicyclic) bond motifs is 3. The summed E-state index contributed by atoms with van der Waals surface area (Å²) in [5.74, 6) is -1.25. The van der Waals surface area contributed by atoms with E-state index in [-0.39, 0.29) is 17.3 Å². The minimum Gasteiger partial charge on any atom is -0.338 e. The van der Waals surface area contributed by atoms with Crippen LogP contribution in [0.2, 0.25) is 0 Å². The fraction of sp³-hybridized carbons (Fsp3) is 0.0833. The van der Waals surface area contributed by atoms with Crippen LogP contribution in [-0.4, -0.2) is 27.5 Å². The van der Waals surface area contributed by atoms with Crippen molar-refractivity contribution in [1.82, 2.24) is 15.1 Å². The third-order valence-electron chi connectivity index (χ3n) is 5.52. The highest BCUT2D eigenvalue weighted by atomic mass is 19.1. The minimum absolute atomic E-state index is 0.0327. The molecule has 6 rings (SSSR count). The molecule has 4 heterocycles. The zero-order valence-electron chi connectivity index (χ0n) is 17.2. The highest BCUT2D eigenvalue weighted by molar-refractivity contribution is 6.15. The lowest BCUT2D eigenvalue weighted by atomic mass is 10.1. The molecule has 0 bridgehead atoms. The Kier molecular flexibility index (Phi) is 4.46. The fourth-order valence-electron chi connectivity index (χ4n) is 3.99. The van der Waals surface area contributed by atoms with Gasteiger partial charge in [-0.15, -0.1) is 0 Å². The first-order valence-corrected chi connectivity index (χ1v) is 10.3. The molecular formula is C24H16F2N6O. The van der Waals surface area contributed by atoms with Gasteiger partial charge in [-0.2, -0.15) is 4.98 Å². The maximum absolute atomic E-state index is 14.2. The molecule has 33 heavy (non-hydrogen) atoms. The lowest BCUT2D eigenvalue weighted by Gasteiger charge is -2.34. The number of anilines is 2. The van der Waals surface area contributed by atoms with E-state index in [2.05, 4.69) is 29.9 Å². The van der Waals surface area contributed by atoms with Gasteiger partial charge in [0.1, 0.15) is 24.0 Å². The van der Waals surface area contributed by atoms with Gasteiger partial charge in [-0.25, -0.2) is 8.78 Å². The van der Waals surface area contributed by atoms with Gasteiger partial charge in [0.25, 0.3) is 5.89 Å². The Balaban J connectivity index is 1.37. The highest BCUT2D eigenvalue weighted by Gasteiger charge is 2.34. The van der Waals surface area contributed by atoms with Crippen LogP contribution < -0.4 is 9.80 Å². The first kappa shape index (κ1) is 19.3. The van der Waals surface area contributed by atoms with Gasteiger partial charge in [-0.1, -0.05) is 23.4 Å². The van der Waals surface area contributed by atoms with Gasteiger partial charge in [-0.3, -0.25) is 9.98 Å². The molecule has 0 spiro atoms. The van der Waals surface area contributed by atoms with E-state index in [1.807, 2.05) is 48.7 Å². The van der Waals surface area contributed by atoms with Gasteiger partial charge in [0.15, 0.2) is 0 Å². The Labute approximate surface area is 187 Å². The van der Waals surface area contributed by atoms with Crippen LogP contribution >= 0.6 is 0 Å². The van der Waals surface area contributed by atoms with E-state index in [9.17, 15) is 8.78 Å². The number of hydrogen-bond acceptors (Lipinski definition) is 7. The molecule has 2 aliphatic heterocycles. The minimum atomic E-state index is -0.771. The maximum atomic E-state index is 14.2. The van der Waals surface area contributed by atoms with Crippen LogP contribution in [0.25, 0.3) is 11.5 Å². The van der Waals surface area contributed by atoms with Gasteiger partial charge in [0.2, 0.25) is 5.82 Å². The molecule has 0 atom stereocenters. The largest absolute Gasteiger partial charge is 0.338 e. The summed E-state index contributed by atoms with van der Waals surface area (Å²) in [6.45, 7) is 0.963. The van der Waals surface area contributed by atoms with Crippen LogP contribution in [0, 0.1) is 11.6 Å². The van der Waals surface area contributed by atoms with Gasteiger partial charge >= 0.3 is 0 Å². The predicted molar refractivity (Wildman–Crippen MR) is 118 cm³/mol. The van der Waals surface area contributed by atoms with Crippen molar-refractivity contribution in [2.45, 2.75) is 6.54 Å². The lowest BCUT2D eigenvalue weighted by molar-refractivity contribution is 0.426. The summed E-state index contributed by atoms with van der Waals surface area (Å²) < 4.78 is 32.7. The molecule has 0 radical (unpaired) electrons. The second-order valence-electron chi connectivity index (χ2n) is 7.58. The maximum Gasteiger partial charge on any atom is 0.261 e. The number of hydrogen-bond donors (Lipinski definition) is 0. The number of aliphatic imine (C=N–C) groups is 1. The van der Waals surface area contributed by atoms with Crippen molar-refractivity contribution >= 4 is 17.1 Å². The Morgan fingerprint density at radius 3 is 2.64 bits per heavy atom. The monoisotopic (exact) mass is 442 g/mol. The number of benzene rings is 2. The zero-order valence-corrected chi connectivity index (χ0v) is 17.2. The fourth-order valence-corrected chi connectivity index (χ4v) is 3.99. The van der Waals surface area contributed by atoms with Crippen LogP contribution in [0.5, 0.6) is 0 Å². The molecule has 2 aliphatic rings. The SMILES string of the molecule is Fc1ccc(-c2nc(C3=NCN4C3=CN(Cc3ccccn3)c3ccccc34)no2)c(F)c1. The van der Waals surface area contributed by atoms with Gasteiger partial charge < -0.3 is 14.3 Å². The molecule has 162 valence electrons. The summed E-state index contributed by atoms with van der Waals surface area (Å²) in [6.07, 6.45) is 3.75. The van der Waals surface area contributed by atoms with Crippen molar-refractivity contribution in [2.75, 3.05) is 16.5 Å². The second-order valence-corrected chi connectivity index (χ2v) is 7.58. The average molecular weight is 442 g/mol. The smallest absolute Gasteiger partial charge is 0.261 e. The standard InChI is InChI=1S/C24H16F2N6O/c25-15-8-9-17(18(26)11-15)24-29-23(30-33-24)22-21-13-31(12-16-5-3-4-10-27-16)19-6-1-2-7-20(19)32(21)14-28-22/h1-11,13H,12,14H2. The summed E-state index contributed by atoms with van der Waals surface area (Å²) in [5.41, 5.74) is 4.32. The number of allylic oxidation sites excluding steroid dienone is 1.